The van der Waals surface area contributed by atoms with Crippen LogP contribution in [0, 0.1) is 6.92 Å². The number of carboxylic acid groups (broad SMARTS) is 1. The van der Waals surface area contributed by atoms with Crippen molar-refractivity contribution in [3.63, 3.8) is 0 Å². The molecule has 7 nitrogen and oxygen atoms in total. The maximum absolute atomic E-state index is 11.9. The molecule has 20 heavy (non-hydrogen) atoms. The molecule has 1 aromatic carbocycles. The van der Waals surface area contributed by atoms with Gasteiger partial charge < -0.3 is 19.7 Å². The molecule has 0 atom stereocenters. The van der Waals surface area contributed by atoms with Crippen molar-refractivity contribution >= 4 is 17.6 Å². The molecule has 7 heteroatoms. The molecule has 0 unspecified atom stereocenters. The highest BCUT2D eigenvalue weighted by Gasteiger charge is 2.16. The summed E-state index contributed by atoms with van der Waals surface area (Å²) in [6, 6.07) is 5.73. The summed E-state index contributed by atoms with van der Waals surface area (Å²) in [5, 5.41) is 15.1. The summed E-state index contributed by atoms with van der Waals surface area (Å²) in [4.78, 5) is 23.1. The number of rotatable bonds is 4. The zero-order chi connectivity index (χ0) is 14.7. The number of amides is 1. The van der Waals surface area contributed by atoms with E-state index in [1.54, 1.807) is 6.92 Å². The molecule has 0 aliphatic heterocycles. The van der Waals surface area contributed by atoms with E-state index < -0.39 is 11.9 Å². The number of methoxy groups -OCH3 is 1. The molecule has 0 saturated heterocycles. The summed E-state index contributed by atoms with van der Waals surface area (Å²) >= 11 is 0. The maximum Gasteiger partial charge on any atom is 0.337 e. The Morgan fingerprint density at radius 3 is 2.65 bits per heavy atom. The maximum atomic E-state index is 11.9. The minimum atomic E-state index is -1.15. The Hall–Kier alpha value is -2.83. The second kappa shape index (κ2) is 5.43. The molecule has 1 heterocycles. The van der Waals surface area contributed by atoms with Crippen molar-refractivity contribution in [1.29, 1.82) is 0 Å². The molecule has 0 aliphatic rings. The second-order valence-corrected chi connectivity index (χ2v) is 3.99. The molecule has 0 saturated carbocycles. The third-order valence-corrected chi connectivity index (χ3v) is 2.57. The van der Waals surface area contributed by atoms with Gasteiger partial charge in [-0.15, -0.1) is 0 Å². The van der Waals surface area contributed by atoms with Crippen molar-refractivity contribution in [3.05, 3.63) is 41.3 Å². The summed E-state index contributed by atoms with van der Waals surface area (Å²) in [5.41, 5.74) is 0.156. The van der Waals surface area contributed by atoms with Crippen LogP contribution in [0.2, 0.25) is 0 Å². The Morgan fingerprint density at radius 2 is 2.10 bits per heavy atom. The van der Waals surface area contributed by atoms with Crippen LogP contribution in [0.1, 0.15) is 26.6 Å². The third kappa shape index (κ3) is 2.77. The van der Waals surface area contributed by atoms with Gasteiger partial charge in [-0.25, -0.2) is 4.79 Å². The van der Waals surface area contributed by atoms with E-state index in [1.807, 2.05) is 0 Å². The summed E-state index contributed by atoms with van der Waals surface area (Å²) in [7, 11) is 1.45. The van der Waals surface area contributed by atoms with Crippen LogP contribution >= 0.6 is 0 Å². The van der Waals surface area contributed by atoms with Crippen molar-refractivity contribution in [2.45, 2.75) is 6.92 Å². The number of aromatic carboxylic acids is 1. The quantitative estimate of drug-likeness (QED) is 0.884. The molecule has 2 rings (SSSR count). The van der Waals surface area contributed by atoms with E-state index in [2.05, 4.69) is 10.5 Å². The zero-order valence-corrected chi connectivity index (χ0v) is 10.8. The number of carboxylic acids is 1. The van der Waals surface area contributed by atoms with Gasteiger partial charge >= 0.3 is 5.97 Å². The number of aryl methyl sites for hydroxylation is 1. The van der Waals surface area contributed by atoms with Crippen LogP contribution in [0.25, 0.3) is 0 Å². The average Bonchev–Trinajstić information content (AvgIpc) is 2.85. The van der Waals surface area contributed by atoms with Gasteiger partial charge in [0.25, 0.3) is 5.91 Å². The summed E-state index contributed by atoms with van der Waals surface area (Å²) < 4.78 is 9.80. The van der Waals surface area contributed by atoms with Crippen molar-refractivity contribution in [2.75, 3.05) is 12.4 Å². The lowest BCUT2D eigenvalue weighted by atomic mass is 10.1. The van der Waals surface area contributed by atoms with Crippen LogP contribution in [0.4, 0.5) is 5.69 Å². The molecule has 0 bridgehead atoms. The molecule has 0 spiro atoms. The first-order chi connectivity index (χ1) is 9.51. The van der Waals surface area contributed by atoms with E-state index in [1.165, 1.54) is 31.4 Å². The minimum Gasteiger partial charge on any atom is -0.497 e. The summed E-state index contributed by atoms with van der Waals surface area (Å²) in [5.74, 6) is -0.794. The number of hydrogen-bond acceptors (Lipinski definition) is 5. The van der Waals surface area contributed by atoms with Crippen molar-refractivity contribution in [2.24, 2.45) is 0 Å². The molecule has 1 aromatic heterocycles. The van der Waals surface area contributed by atoms with Crippen LogP contribution in [0.5, 0.6) is 5.75 Å². The average molecular weight is 276 g/mol. The monoisotopic (exact) mass is 276 g/mol. The number of hydrogen-bond donors (Lipinski definition) is 2. The topological polar surface area (TPSA) is 102 Å². The van der Waals surface area contributed by atoms with Gasteiger partial charge in [0, 0.05) is 12.1 Å². The van der Waals surface area contributed by atoms with Crippen LogP contribution < -0.4 is 10.1 Å². The lowest BCUT2D eigenvalue weighted by Crippen LogP contribution is -2.15. The van der Waals surface area contributed by atoms with Crippen LogP contribution in [0.3, 0.4) is 0 Å². The Labute approximate surface area is 114 Å². The standard InChI is InChI=1S/C13H12N2O5/c1-7-5-11(15-20-7)12(16)14-10-6-8(19-2)3-4-9(10)13(17)18/h3-6H,1-2H3,(H,14,16)(H,17,18). The molecular weight excluding hydrogens is 264 g/mol. The zero-order valence-electron chi connectivity index (χ0n) is 10.8. The van der Waals surface area contributed by atoms with Gasteiger partial charge in [0.05, 0.1) is 18.4 Å². The number of benzene rings is 1. The minimum absolute atomic E-state index is 0.0423. The van der Waals surface area contributed by atoms with E-state index in [0.29, 0.717) is 11.5 Å². The Kier molecular flexibility index (Phi) is 3.69. The predicted octanol–water partition coefficient (Wildman–Crippen LogP) is 1.94. The molecule has 0 fully saturated rings. The van der Waals surface area contributed by atoms with Crippen molar-refractivity contribution < 1.29 is 24.0 Å². The van der Waals surface area contributed by atoms with Gasteiger partial charge in [0.2, 0.25) is 0 Å². The lowest BCUT2D eigenvalue weighted by molar-refractivity contribution is 0.0698. The third-order valence-electron chi connectivity index (χ3n) is 2.57. The van der Waals surface area contributed by atoms with Gasteiger partial charge in [-0.3, -0.25) is 4.79 Å². The van der Waals surface area contributed by atoms with E-state index >= 15 is 0 Å². The Morgan fingerprint density at radius 1 is 1.35 bits per heavy atom. The number of anilines is 1. The number of nitrogens with one attached hydrogen (secondary N) is 1. The number of nitrogens with zero attached hydrogens (tertiary/aromatic N) is 1. The number of carbonyl (C=O) groups is 2. The van der Waals surface area contributed by atoms with Gasteiger partial charge in [-0.05, 0) is 19.1 Å². The largest absolute Gasteiger partial charge is 0.497 e. The molecule has 2 aromatic rings. The highest BCUT2D eigenvalue weighted by molar-refractivity contribution is 6.06. The smallest absolute Gasteiger partial charge is 0.337 e. The van der Waals surface area contributed by atoms with E-state index in [4.69, 9.17) is 14.4 Å². The molecular formula is C13H12N2O5. The highest BCUT2D eigenvalue weighted by Crippen LogP contribution is 2.23. The first kappa shape index (κ1) is 13.6. The Balaban J connectivity index is 2.31. The van der Waals surface area contributed by atoms with Gasteiger partial charge in [-0.1, -0.05) is 5.16 Å². The fourth-order valence-corrected chi connectivity index (χ4v) is 1.60. The van der Waals surface area contributed by atoms with Gasteiger partial charge in [0.1, 0.15) is 11.5 Å². The fraction of sp³-hybridized carbons (Fsp3) is 0.154. The van der Waals surface area contributed by atoms with Crippen molar-refractivity contribution in [3.8, 4) is 5.75 Å². The normalized spacial score (nSPS) is 10.1. The van der Waals surface area contributed by atoms with Crippen LogP contribution in [0.15, 0.2) is 28.8 Å². The molecule has 0 aliphatic carbocycles. The van der Waals surface area contributed by atoms with E-state index in [0.717, 1.165) is 0 Å². The Bertz CT molecular complexity index is 663. The molecule has 1 amide bonds. The number of ether oxygens (including phenoxy) is 1. The van der Waals surface area contributed by atoms with E-state index in [-0.39, 0.29) is 16.9 Å². The molecule has 0 radical (unpaired) electrons. The molecule has 104 valence electrons. The summed E-state index contributed by atoms with van der Waals surface area (Å²) in [6.45, 7) is 1.65. The van der Waals surface area contributed by atoms with Crippen molar-refractivity contribution in [1.82, 2.24) is 5.16 Å². The van der Waals surface area contributed by atoms with Crippen LogP contribution in [-0.4, -0.2) is 29.2 Å². The summed E-state index contributed by atoms with van der Waals surface area (Å²) in [6.07, 6.45) is 0. The first-order valence-corrected chi connectivity index (χ1v) is 5.67. The van der Waals surface area contributed by atoms with E-state index in [9.17, 15) is 9.59 Å². The SMILES string of the molecule is COc1ccc(C(=O)O)c(NC(=O)c2cc(C)on2)c1. The van der Waals surface area contributed by atoms with Crippen LogP contribution in [-0.2, 0) is 0 Å². The molecule has 2 N–H and O–H groups in total. The fourth-order valence-electron chi connectivity index (χ4n) is 1.60. The number of aromatic nitrogens is 1. The first-order valence-electron chi connectivity index (χ1n) is 5.67. The lowest BCUT2D eigenvalue weighted by Gasteiger charge is -2.09. The van der Waals surface area contributed by atoms with Gasteiger partial charge in [-0.2, -0.15) is 0 Å². The van der Waals surface area contributed by atoms with Gasteiger partial charge in [0.15, 0.2) is 5.69 Å². The predicted molar refractivity (Wildman–Crippen MR) is 69.1 cm³/mol. The highest BCUT2D eigenvalue weighted by atomic mass is 16.5. The second-order valence-electron chi connectivity index (χ2n) is 3.99. The number of carbonyl (C=O) groups excluding carboxylic acids is 1.